The minimum Gasteiger partial charge on any atom is -0.457 e. The molecule has 0 aromatic heterocycles. The molecule has 132 valence electrons. The summed E-state index contributed by atoms with van der Waals surface area (Å²) < 4.78 is 5.66. The number of nitrogens with zero attached hydrogens (tertiary/aromatic N) is 1. The number of ketones is 1. The molecule has 0 aromatic rings. The van der Waals surface area contributed by atoms with Crippen LogP contribution in [-0.4, -0.2) is 17.9 Å². The first kappa shape index (κ1) is 18.9. The zero-order valence-corrected chi connectivity index (χ0v) is 15.3. The fraction of sp³-hybridized carbons (Fsp3) is 0.476. The van der Waals surface area contributed by atoms with Gasteiger partial charge in [0.25, 0.3) is 0 Å². The predicted octanol–water partition coefficient (Wildman–Crippen LogP) is 4.06. The van der Waals surface area contributed by atoms with Crippen molar-refractivity contribution in [2.75, 3.05) is 0 Å². The highest BCUT2D eigenvalue weighted by Gasteiger charge is 2.62. The molecule has 2 aliphatic carbocycles. The van der Waals surface area contributed by atoms with Crippen molar-refractivity contribution in [1.82, 2.24) is 0 Å². The van der Waals surface area contributed by atoms with Crippen molar-refractivity contribution in [3.63, 3.8) is 0 Å². The Morgan fingerprint density at radius 3 is 2.76 bits per heavy atom. The minimum absolute atomic E-state index is 0.0102. The van der Waals surface area contributed by atoms with Crippen LogP contribution in [0.4, 0.5) is 0 Å². The van der Waals surface area contributed by atoms with Crippen molar-refractivity contribution >= 4 is 11.8 Å². The molecular formula is C21H25NO3. The monoisotopic (exact) mass is 339 g/mol. The number of hydrogen-bond acceptors (Lipinski definition) is 4. The van der Waals surface area contributed by atoms with Gasteiger partial charge in [-0.3, -0.25) is 9.59 Å². The van der Waals surface area contributed by atoms with Crippen LogP contribution >= 0.6 is 0 Å². The molecule has 4 nitrogen and oxygen atoms in total. The third-order valence-electron chi connectivity index (χ3n) is 5.29. The van der Waals surface area contributed by atoms with E-state index in [4.69, 9.17) is 10.00 Å². The molecule has 2 aliphatic rings. The lowest BCUT2D eigenvalue weighted by molar-refractivity contribution is -0.150. The number of ether oxygens (including phenoxy) is 1. The molecule has 0 spiro atoms. The molecule has 3 atom stereocenters. The van der Waals surface area contributed by atoms with E-state index in [-0.39, 0.29) is 35.4 Å². The highest BCUT2D eigenvalue weighted by Crippen LogP contribution is 2.60. The summed E-state index contributed by atoms with van der Waals surface area (Å²) >= 11 is 0. The standard InChI is InChI=1S/C21H25NO3/c1-6-7-8-9-15-14(3)18(11-17(15)23)25-20(24)19-16(21(19,4)5)10-13(2)12-22/h6-8,10,16,18-19H,1,9,11H2,2-5H3/b8-7+,13-10+. The second-order valence-corrected chi connectivity index (χ2v) is 7.37. The van der Waals surface area contributed by atoms with Crippen LogP contribution in [0.1, 0.15) is 40.5 Å². The summed E-state index contributed by atoms with van der Waals surface area (Å²) in [5, 5.41) is 8.93. The second-order valence-electron chi connectivity index (χ2n) is 7.37. The Hall–Kier alpha value is -2.41. The number of nitriles is 1. The zero-order chi connectivity index (χ0) is 18.8. The quantitative estimate of drug-likeness (QED) is 0.416. The van der Waals surface area contributed by atoms with Gasteiger partial charge in [-0.15, -0.1) is 0 Å². The molecule has 3 unspecified atom stereocenters. The maximum Gasteiger partial charge on any atom is 0.310 e. The lowest BCUT2D eigenvalue weighted by Gasteiger charge is -2.13. The van der Waals surface area contributed by atoms with Gasteiger partial charge in [-0.1, -0.05) is 44.7 Å². The first-order valence-electron chi connectivity index (χ1n) is 8.53. The van der Waals surface area contributed by atoms with E-state index in [0.29, 0.717) is 12.0 Å². The summed E-state index contributed by atoms with van der Waals surface area (Å²) in [7, 11) is 0. The van der Waals surface area contributed by atoms with Gasteiger partial charge in [0.05, 0.1) is 18.4 Å². The van der Waals surface area contributed by atoms with Crippen LogP contribution in [0.25, 0.3) is 0 Å². The predicted molar refractivity (Wildman–Crippen MR) is 96.3 cm³/mol. The topological polar surface area (TPSA) is 67.2 Å². The Labute approximate surface area is 149 Å². The highest BCUT2D eigenvalue weighted by atomic mass is 16.5. The number of allylic oxidation sites excluding steroid dienone is 6. The van der Waals surface area contributed by atoms with Crippen LogP contribution in [0.5, 0.6) is 0 Å². The van der Waals surface area contributed by atoms with Gasteiger partial charge in [-0.25, -0.2) is 0 Å². The van der Waals surface area contributed by atoms with Crippen LogP contribution in [0, 0.1) is 28.6 Å². The largest absolute Gasteiger partial charge is 0.457 e. The fourth-order valence-electron chi connectivity index (χ4n) is 3.50. The maximum atomic E-state index is 12.6. The van der Waals surface area contributed by atoms with Crippen molar-refractivity contribution in [3.05, 3.63) is 47.6 Å². The molecule has 0 N–H and O–H groups in total. The fourth-order valence-corrected chi connectivity index (χ4v) is 3.50. The van der Waals surface area contributed by atoms with Crippen molar-refractivity contribution in [1.29, 1.82) is 5.26 Å². The minimum atomic E-state index is -0.467. The number of Topliss-reactive ketones (excluding diaryl/α,β-unsaturated/α-hetero) is 1. The molecule has 0 bridgehead atoms. The molecule has 0 aromatic carbocycles. The summed E-state index contributed by atoms with van der Waals surface area (Å²) in [6, 6.07) is 2.09. The molecule has 1 fully saturated rings. The Balaban J connectivity index is 2.07. The summed E-state index contributed by atoms with van der Waals surface area (Å²) in [4.78, 5) is 24.8. The normalized spacial score (nSPS) is 28.2. The van der Waals surface area contributed by atoms with Gasteiger partial charge >= 0.3 is 5.97 Å². The molecule has 0 saturated heterocycles. The van der Waals surface area contributed by atoms with Gasteiger partial charge in [0.1, 0.15) is 6.10 Å². The first-order chi connectivity index (χ1) is 11.7. The summed E-state index contributed by atoms with van der Waals surface area (Å²) in [6.45, 7) is 11.2. The van der Waals surface area contributed by atoms with Gasteiger partial charge in [0.2, 0.25) is 0 Å². The first-order valence-corrected chi connectivity index (χ1v) is 8.53. The van der Waals surface area contributed by atoms with Crippen molar-refractivity contribution in [2.24, 2.45) is 17.3 Å². The molecule has 25 heavy (non-hydrogen) atoms. The van der Waals surface area contributed by atoms with Gasteiger partial charge in [0.15, 0.2) is 5.78 Å². The van der Waals surface area contributed by atoms with Crippen molar-refractivity contribution in [3.8, 4) is 6.07 Å². The lowest BCUT2D eigenvalue weighted by Crippen LogP contribution is -2.20. The zero-order valence-electron chi connectivity index (χ0n) is 15.3. The second kappa shape index (κ2) is 7.23. The van der Waals surface area contributed by atoms with Crippen LogP contribution in [0.3, 0.4) is 0 Å². The Kier molecular flexibility index (Phi) is 5.47. The molecule has 2 rings (SSSR count). The molecular weight excluding hydrogens is 314 g/mol. The summed E-state index contributed by atoms with van der Waals surface area (Å²) in [5.74, 6) is -0.493. The molecule has 0 aliphatic heterocycles. The molecule has 0 heterocycles. The third kappa shape index (κ3) is 3.82. The van der Waals surface area contributed by atoms with Crippen LogP contribution < -0.4 is 0 Å². The number of hydrogen-bond donors (Lipinski definition) is 0. The molecule has 0 radical (unpaired) electrons. The highest BCUT2D eigenvalue weighted by molar-refractivity contribution is 6.00. The number of carbonyl (C=O) groups is 2. The van der Waals surface area contributed by atoms with E-state index < -0.39 is 6.10 Å². The summed E-state index contributed by atoms with van der Waals surface area (Å²) in [5.41, 5.74) is 1.95. The summed E-state index contributed by atoms with van der Waals surface area (Å²) in [6.07, 6.45) is 7.48. The average Bonchev–Trinajstić information content (AvgIpc) is 2.98. The van der Waals surface area contributed by atoms with Crippen LogP contribution in [-0.2, 0) is 14.3 Å². The Bertz CT molecular complexity index is 731. The van der Waals surface area contributed by atoms with Gasteiger partial charge in [0, 0.05) is 11.1 Å². The van der Waals surface area contributed by atoms with Gasteiger partial charge < -0.3 is 4.74 Å². The number of esters is 1. The van der Waals surface area contributed by atoms with E-state index in [1.165, 1.54) is 0 Å². The number of carbonyl (C=O) groups excluding carboxylic acids is 2. The molecule has 1 saturated carbocycles. The lowest BCUT2D eigenvalue weighted by atomic mass is 10.1. The SMILES string of the molecule is C=C/C=C/CC1=C(C)C(OC(=O)C2C(/C=C(\C)C#N)C2(C)C)CC1=O. The Morgan fingerprint density at radius 2 is 2.16 bits per heavy atom. The van der Waals surface area contributed by atoms with Crippen LogP contribution in [0.15, 0.2) is 47.6 Å². The van der Waals surface area contributed by atoms with Crippen molar-refractivity contribution in [2.45, 2.75) is 46.6 Å². The van der Waals surface area contributed by atoms with Crippen molar-refractivity contribution < 1.29 is 14.3 Å². The van der Waals surface area contributed by atoms with E-state index in [1.54, 1.807) is 19.1 Å². The van der Waals surface area contributed by atoms with E-state index in [0.717, 1.165) is 11.1 Å². The third-order valence-corrected chi connectivity index (χ3v) is 5.29. The molecule has 0 amide bonds. The van der Waals surface area contributed by atoms with Crippen LogP contribution in [0.2, 0.25) is 0 Å². The van der Waals surface area contributed by atoms with E-state index >= 15 is 0 Å². The molecule has 4 heteroatoms. The van der Waals surface area contributed by atoms with E-state index in [1.807, 2.05) is 32.9 Å². The smallest absolute Gasteiger partial charge is 0.310 e. The average molecular weight is 339 g/mol. The maximum absolute atomic E-state index is 12.6. The van der Waals surface area contributed by atoms with E-state index in [9.17, 15) is 9.59 Å². The van der Waals surface area contributed by atoms with E-state index in [2.05, 4.69) is 12.6 Å². The van der Waals surface area contributed by atoms with Gasteiger partial charge in [-0.05, 0) is 37.2 Å². The Morgan fingerprint density at radius 1 is 1.48 bits per heavy atom. The van der Waals surface area contributed by atoms with Gasteiger partial charge in [-0.2, -0.15) is 5.26 Å². The number of rotatable bonds is 6.